The van der Waals surface area contributed by atoms with E-state index in [1.807, 2.05) is 18.2 Å². The van der Waals surface area contributed by atoms with Gasteiger partial charge in [-0.15, -0.1) is 0 Å². The van der Waals surface area contributed by atoms with Crippen LogP contribution in [-0.4, -0.2) is 33.5 Å². The first kappa shape index (κ1) is 15.6. The number of benzene rings is 1. The predicted molar refractivity (Wildman–Crippen MR) is 84.0 cm³/mol. The number of hydrogen-bond acceptors (Lipinski definition) is 3. The molecule has 1 aliphatic heterocycles. The molecule has 1 aliphatic rings. The van der Waals surface area contributed by atoms with E-state index < -0.39 is 6.10 Å². The van der Waals surface area contributed by atoms with Crippen molar-refractivity contribution in [2.45, 2.75) is 31.4 Å². The first-order chi connectivity index (χ1) is 11.1. The Morgan fingerprint density at radius 1 is 1.26 bits per heavy atom. The van der Waals surface area contributed by atoms with Gasteiger partial charge in [0.1, 0.15) is 5.82 Å². The molecule has 4 nitrogen and oxygen atoms in total. The number of nitrogens with zero attached hydrogens (tertiary/aromatic N) is 2. The van der Waals surface area contributed by atoms with Crippen molar-refractivity contribution in [2.24, 2.45) is 0 Å². The highest BCUT2D eigenvalue weighted by Gasteiger charge is 2.34. The molecule has 0 aliphatic carbocycles. The highest BCUT2D eigenvalue weighted by atomic mass is 19.1. The molecule has 3 rings (SSSR count). The van der Waals surface area contributed by atoms with E-state index in [1.54, 1.807) is 23.2 Å². The molecule has 1 fully saturated rings. The van der Waals surface area contributed by atoms with Gasteiger partial charge in [-0.25, -0.2) is 4.39 Å². The van der Waals surface area contributed by atoms with Crippen molar-refractivity contribution in [3.63, 3.8) is 0 Å². The summed E-state index contributed by atoms with van der Waals surface area (Å²) in [4.78, 5) is 18.4. The first-order valence-corrected chi connectivity index (χ1v) is 7.76. The molecule has 2 heterocycles. The summed E-state index contributed by atoms with van der Waals surface area (Å²) in [6.45, 7) is 0.323. The number of amides is 1. The number of likely N-dealkylation sites (tertiary alicyclic amines) is 1. The molecule has 5 heteroatoms. The molecule has 1 saturated heterocycles. The van der Waals surface area contributed by atoms with Crippen molar-refractivity contribution in [1.82, 2.24) is 9.88 Å². The number of carbonyl (C=O) groups excluding carboxylic acids is 1. The molecule has 23 heavy (non-hydrogen) atoms. The minimum atomic E-state index is -0.538. The van der Waals surface area contributed by atoms with Crippen molar-refractivity contribution in [3.05, 3.63) is 65.7 Å². The summed E-state index contributed by atoms with van der Waals surface area (Å²) in [6, 6.07) is 11.6. The fraction of sp³-hybridized carbons (Fsp3) is 0.333. The van der Waals surface area contributed by atoms with Crippen LogP contribution in [-0.2, 0) is 11.2 Å². The fourth-order valence-electron chi connectivity index (χ4n) is 3.01. The first-order valence-electron chi connectivity index (χ1n) is 7.76. The van der Waals surface area contributed by atoms with Gasteiger partial charge >= 0.3 is 0 Å². The summed E-state index contributed by atoms with van der Waals surface area (Å²) in [7, 11) is 0. The number of aliphatic hydroxyl groups excluding tert-OH is 1. The van der Waals surface area contributed by atoms with Gasteiger partial charge < -0.3 is 10.0 Å². The van der Waals surface area contributed by atoms with Gasteiger partial charge in [-0.05, 0) is 42.7 Å². The Labute approximate surface area is 134 Å². The summed E-state index contributed by atoms with van der Waals surface area (Å²) in [5, 5.41) is 9.94. The lowest BCUT2D eigenvalue weighted by Crippen LogP contribution is -2.32. The number of aliphatic hydroxyl groups is 1. The van der Waals surface area contributed by atoms with Crippen LogP contribution in [0.1, 0.15) is 30.1 Å². The molecule has 2 unspecified atom stereocenters. The van der Waals surface area contributed by atoms with Crippen molar-refractivity contribution in [2.75, 3.05) is 6.54 Å². The largest absolute Gasteiger partial charge is 0.391 e. The van der Waals surface area contributed by atoms with Crippen molar-refractivity contribution < 1.29 is 14.3 Å². The van der Waals surface area contributed by atoms with Gasteiger partial charge in [-0.1, -0.05) is 18.2 Å². The van der Waals surface area contributed by atoms with Gasteiger partial charge in [-0.3, -0.25) is 9.78 Å². The Kier molecular flexibility index (Phi) is 4.67. The SMILES string of the molecule is O=C(CCc1ccccn1)N1CC(O)CC1c1ccc(F)cc1. The average molecular weight is 314 g/mol. The molecule has 1 N–H and O–H groups in total. The van der Waals surface area contributed by atoms with Crippen LogP contribution < -0.4 is 0 Å². The van der Waals surface area contributed by atoms with Crippen LogP contribution in [0.4, 0.5) is 4.39 Å². The number of aryl methyl sites for hydroxylation is 1. The molecule has 0 spiro atoms. The van der Waals surface area contributed by atoms with Crippen LogP contribution in [0.5, 0.6) is 0 Å². The zero-order valence-corrected chi connectivity index (χ0v) is 12.7. The minimum Gasteiger partial charge on any atom is -0.391 e. The number of hydrogen-bond donors (Lipinski definition) is 1. The van der Waals surface area contributed by atoms with E-state index in [1.165, 1.54) is 12.1 Å². The molecule has 0 bridgehead atoms. The van der Waals surface area contributed by atoms with Crippen LogP contribution >= 0.6 is 0 Å². The molecule has 1 aromatic heterocycles. The highest BCUT2D eigenvalue weighted by molar-refractivity contribution is 5.77. The van der Waals surface area contributed by atoms with E-state index in [0.717, 1.165) is 11.3 Å². The van der Waals surface area contributed by atoms with E-state index in [4.69, 9.17) is 0 Å². The second-order valence-electron chi connectivity index (χ2n) is 5.82. The maximum atomic E-state index is 13.1. The van der Waals surface area contributed by atoms with Crippen LogP contribution in [0, 0.1) is 5.82 Å². The Morgan fingerprint density at radius 3 is 2.74 bits per heavy atom. The molecule has 1 amide bonds. The van der Waals surface area contributed by atoms with E-state index >= 15 is 0 Å². The quantitative estimate of drug-likeness (QED) is 0.943. The number of halogens is 1. The second kappa shape index (κ2) is 6.87. The summed E-state index contributed by atoms with van der Waals surface area (Å²) in [5.74, 6) is -0.318. The zero-order chi connectivity index (χ0) is 16.2. The smallest absolute Gasteiger partial charge is 0.223 e. The van der Waals surface area contributed by atoms with Gasteiger partial charge in [0.25, 0.3) is 0 Å². The lowest BCUT2D eigenvalue weighted by Gasteiger charge is -2.25. The van der Waals surface area contributed by atoms with Gasteiger partial charge in [0, 0.05) is 24.9 Å². The number of aromatic nitrogens is 1. The molecule has 2 atom stereocenters. The average Bonchev–Trinajstić information content (AvgIpc) is 2.96. The van der Waals surface area contributed by atoms with E-state index in [9.17, 15) is 14.3 Å². The number of pyridine rings is 1. The predicted octanol–water partition coefficient (Wildman–Crippen LogP) is 2.49. The third-order valence-electron chi connectivity index (χ3n) is 4.18. The monoisotopic (exact) mass is 314 g/mol. The van der Waals surface area contributed by atoms with Crippen molar-refractivity contribution >= 4 is 5.91 Å². The lowest BCUT2D eigenvalue weighted by molar-refractivity contribution is -0.132. The molecule has 0 radical (unpaired) electrons. The minimum absolute atomic E-state index is 0.0125. The number of rotatable bonds is 4. The molecule has 120 valence electrons. The molecule has 1 aromatic carbocycles. The van der Waals surface area contributed by atoms with Gasteiger partial charge in [0.15, 0.2) is 0 Å². The van der Waals surface area contributed by atoms with E-state index in [2.05, 4.69) is 4.98 Å². The third-order valence-corrected chi connectivity index (χ3v) is 4.18. The summed E-state index contributed by atoms with van der Waals surface area (Å²) >= 11 is 0. The maximum Gasteiger partial charge on any atom is 0.223 e. The van der Waals surface area contributed by atoms with Gasteiger partial charge in [-0.2, -0.15) is 0 Å². The lowest BCUT2D eigenvalue weighted by atomic mass is 10.0. The Bertz CT molecular complexity index is 660. The molecule has 2 aromatic rings. The molecule has 0 saturated carbocycles. The van der Waals surface area contributed by atoms with Crippen LogP contribution in [0.2, 0.25) is 0 Å². The Morgan fingerprint density at radius 2 is 2.04 bits per heavy atom. The summed E-state index contributed by atoms with van der Waals surface area (Å²) in [6.07, 6.45) is 2.58. The molecular weight excluding hydrogens is 295 g/mol. The third kappa shape index (κ3) is 3.74. The zero-order valence-electron chi connectivity index (χ0n) is 12.7. The van der Waals surface area contributed by atoms with Crippen LogP contribution in [0.15, 0.2) is 48.7 Å². The second-order valence-corrected chi connectivity index (χ2v) is 5.82. The Hall–Kier alpha value is -2.27. The highest BCUT2D eigenvalue weighted by Crippen LogP contribution is 2.32. The maximum absolute atomic E-state index is 13.1. The van der Waals surface area contributed by atoms with Gasteiger partial charge in [0.05, 0.1) is 12.1 Å². The summed E-state index contributed by atoms with van der Waals surface area (Å²) in [5.41, 5.74) is 1.73. The topological polar surface area (TPSA) is 53.4 Å². The van der Waals surface area contributed by atoms with Crippen molar-refractivity contribution in [1.29, 1.82) is 0 Å². The number of carbonyl (C=O) groups is 1. The van der Waals surface area contributed by atoms with Gasteiger partial charge in [0.2, 0.25) is 5.91 Å². The van der Waals surface area contributed by atoms with E-state index in [-0.39, 0.29) is 17.8 Å². The van der Waals surface area contributed by atoms with Crippen LogP contribution in [0.3, 0.4) is 0 Å². The van der Waals surface area contributed by atoms with Crippen molar-refractivity contribution in [3.8, 4) is 0 Å². The van der Waals surface area contributed by atoms with E-state index in [0.29, 0.717) is 25.8 Å². The summed E-state index contributed by atoms with van der Waals surface area (Å²) < 4.78 is 13.1. The fourth-order valence-corrected chi connectivity index (χ4v) is 3.01. The Balaban J connectivity index is 1.69. The molecular formula is C18H19FN2O2. The number of β-amino-alcohol motifs (C(OH)–C–C–N with tert-alkyl or cyclic N) is 1. The standard InChI is InChI=1S/C18H19FN2O2/c19-14-6-4-13(5-7-14)17-11-16(22)12-21(17)18(23)9-8-15-3-1-2-10-20-15/h1-7,10,16-17,22H,8-9,11-12H2. The van der Waals surface area contributed by atoms with Crippen LogP contribution in [0.25, 0.3) is 0 Å². The normalized spacial score (nSPS) is 20.7.